The van der Waals surface area contributed by atoms with Gasteiger partial charge >= 0.3 is 0 Å². The van der Waals surface area contributed by atoms with Crippen LogP contribution in [0.5, 0.6) is 5.75 Å². The van der Waals surface area contributed by atoms with Gasteiger partial charge in [-0.05, 0) is 31.4 Å². The molecule has 94 valence electrons. The Morgan fingerprint density at radius 3 is 2.44 bits per heavy atom. The van der Waals surface area contributed by atoms with Gasteiger partial charge in [0.25, 0.3) is 0 Å². The molecule has 3 heteroatoms. The maximum Gasteiger partial charge on any atom is 0.120 e. The molecule has 0 aliphatic rings. The quantitative estimate of drug-likeness (QED) is 0.803. The van der Waals surface area contributed by atoms with Crippen LogP contribution in [0.3, 0.4) is 0 Å². The largest absolute Gasteiger partial charge is 0.508 e. The highest BCUT2D eigenvalue weighted by atomic mass is 32.2. The predicted octanol–water partition coefficient (Wildman–Crippen LogP) is 4.29. The minimum absolute atomic E-state index is 0.0690. The first kappa shape index (κ1) is 12.8. The lowest BCUT2D eigenvalue weighted by Crippen LogP contribution is -2.07. The Labute approximate surface area is 112 Å². The second-order valence-corrected chi connectivity index (χ2v) is 4.97. The Morgan fingerprint density at radius 1 is 1.06 bits per heavy atom. The molecule has 2 rings (SSSR count). The SMILES string of the molecule is CSc1ccccc1NC(C)c1ccccc1O. The van der Waals surface area contributed by atoms with Gasteiger partial charge in [0.1, 0.15) is 5.75 Å². The summed E-state index contributed by atoms with van der Waals surface area (Å²) in [5, 5.41) is 13.3. The molecule has 1 unspecified atom stereocenters. The van der Waals surface area contributed by atoms with Crippen LogP contribution in [-0.4, -0.2) is 11.4 Å². The van der Waals surface area contributed by atoms with E-state index in [0.29, 0.717) is 5.75 Å². The number of rotatable bonds is 4. The van der Waals surface area contributed by atoms with Crippen molar-refractivity contribution in [3.8, 4) is 5.75 Å². The van der Waals surface area contributed by atoms with E-state index in [-0.39, 0.29) is 6.04 Å². The molecular formula is C15H17NOS. The smallest absolute Gasteiger partial charge is 0.120 e. The van der Waals surface area contributed by atoms with Crippen LogP contribution in [-0.2, 0) is 0 Å². The monoisotopic (exact) mass is 259 g/mol. The zero-order valence-corrected chi connectivity index (χ0v) is 11.4. The van der Waals surface area contributed by atoms with Crippen molar-refractivity contribution in [3.63, 3.8) is 0 Å². The van der Waals surface area contributed by atoms with Crippen LogP contribution in [0.2, 0.25) is 0 Å². The lowest BCUT2D eigenvalue weighted by molar-refractivity contribution is 0.465. The van der Waals surface area contributed by atoms with Crippen molar-refractivity contribution in [1.82, 2.24) is 0 Å². The highest BCUT2D eigenvalue weighted by molar-refractivity contribution is 7.98. The van der Waals surface area contributed by atoms with E-state index >= 15 is 0 Å². The van der Waals surface area contributed by atoms with Crippen LogP contribution in [0.25, 0.3) is 0 Å². The Kier molecular flexibility index (Phi) is 4.15. The van der Waals surface area contributed by atoms with Crippen molar-refractivity contribution in [1.29, 1.82) is 0 Å². The molecule has 2 nitrogen and oxygen atoms in total. The summed E-state index contributed by atoms with van der Waals surface area (Å²) in [6, 6.07) is 15.7. The zero-order chi connectivity index (χ0) is 13.0. The number of benzene rings is 2. The zero-order valence-electron chi connectivity index (χ0n) is 10.6. The van der Waals surface area contributed by atoms with Crippen molar-refractivity contribution in [2.75, 3.05) is 11.6 Å². The Morgan fingerprint density at radius 2 is 1.72 bits per heavy atom. The normalized spacial score (nSPS) is 12.1. The molecule has 2 aromatic rings. The second kappa shape index (κ2) is 5.83. The summed E-state index contributed by atoms with van der Waals surface area (Å²) in [5.41, 5.74) is 2.01. The lowest BCUT2D eigenvalue weighted by atomic mass is 10.1. The molecule has 2 N–H and O–H groups in total. The molecule has 0 bridgehead atoms. The average molecular weight is 259 g/mol. The van der Waals surface area contributed by atoms with E-state index in [2.05, 4.69) is 23.7 Å². The first-order valence-electron chi connectivity index (χ1n) is 5.90. The molecule has 18 heavy (non-hydrogen) atoms. The molecule has 0 saturated heterocycles. The van der Waals surface area contributed by atoms with E-state index in [0.717, 1.165) is 11.3 Å². The number of hydrogen-bond acceptors (Lipinski definition) is 3. The lowest BCUT2D eigenvalue weighted by Gasteiger charge is -2.18. The number of nitrogens with one attached hydrogen (secondary N) is 1. The van der Waals surface area contributed by atoms with Gasteiger partial charge in [-0.1, -0.05) is 30.3 Å². The number of phenolic OH excluding ortho intramolecular Hbond substituents is 1. The number of phenols is 1. The number of anilines is 1. The van der Waals surface area contributed by atoms with Crippen molar-refractivity contribution >= 4 is 17.4 Å². The molecule has 0 radical (unpaired) electrons. The molecule has 0 amide bonds. The summed E-state index contributed by atoms with van der Waals surface area (Å²) in [7, 11) is 0. The standard InChI is InChI=1S/C15H17NOS/c1-11(12-7-3-5-9-14(12)17)16-13-8-4-6-10-15(13)18-2/h3-11,16-17H,1-2H3. The van der Waals surface area contributed by atoms with Crippen LogP contribution in [0.1, 0.15) is 18.5 Å². The minimum atomic E-state index is 0.0690. The van der Waals surface area contributed by atoms with Crippen LogP contribution in [0.4, 0.5) is 5.69 Å². The Bertz CT molecular complexity index is 527. The third-order valence-electron chi connectivity index (χ3n) is 2.88. The van der Waals surface area contributed by atoms with Crippen molar-refractivity contribution in [2.45, 2.75) is 17.9 Å². The maximum atomic E-state index is 9.84. The van der Waals surface area contributed by atoms with E-state index in [1.54, 1.807) is 17.8 Å². The molecule has 0 spiro atoms. The van der Waals surface area contributed by atoms with E-state index < -0.39 is 0 Å². The van der Waals surface area contributed by atoms with Gasteiger partial charge in [0.2, 0.25) is 0 Å². The van der Waals surface area contributed by atoms with Gasteiger partial charge in [-0.15, -0.1) is 11.8 Å². The summed E-state index contributed by atoms with van der Waals surface area (Å²) < 4.78 is 0. The van der Waals surface area contributed by atoms with E-state index in [1.165, 1.54) is 4.90 Å². The molecule has 0 aliphatic carbocycles. The van der Waals surface area contributed by atoms with Gasteiger partial charge in [-0.2, -0.15) is 0 Å². The van der Waals surface area contributed by atoms with Gasteiger partial charge in [0, 0.05) is 16.1 Å². The fourth-order valence-electron chi connectivity index (χ4n) is 1.93. The third kappa shape index (κ3) is 2.79. The van der Waals surface area contributed by atoms with Gasteiger partial charge in [0.05, 0.1) is 6.04 Å². The number of thioether (sulfide) groups is 1. The van der Waals surface area contributed by atoms with E-state index in [4.69, 9.17) is 0 Å². The van der Waals surface area contributed by atoms with E-state index in [1.807, 2.05) is 37.3 Å². The molecule has 1 atom stereocenters. The highest BCUT2D eigenvalue weighted by Crippen LogP contribution is 2.30. The highest BCUT2D eigenvalue weighted by Gasteiger charge is 2.10. The van der Waals surface area contributed by atoms with E-state index in [9.17, 15) is 5.11 Å². The van der Waals surface area contributed by atoms with Gasteiger partial charge in [0.15, 0.2) is 0 Å². The van der Waals surface area contributed by atoms with Gasteiger partial charge in [-0.25, -0.2) is 0 Å². The molecule has 0 aromatic heterocycles. The van der Waals surface area contributed by atoms with Crippen molar-refractivity contribution in [3.05, 3.63) is 54.1 Å². The van der Waals surface area contributed by atoms with Gasteiger partial charge < -0.3 is 10.4 Å². The first-order valence-corrected chi connectivity index (χ1v) is 7.12. The maximum absolute atomic E-state index is 9.84. The third-order valence-corrected chi connectivity index (χ3v) is 3.68. The fourth-order valence-corrected chi connectivity index (χ4v) is 2.49. The first-order chi connectivity index (χ1) is 8.72. The number of para-hydroxylation sites is 2. The summed E-state index contributed by atoms with van der Waals surface area (Å²) in [5.74, 6) is 0.333. The molecule has 0 saturated carbocycles. The number of aromatic hydroxyl groups is 1. The van der Waals surface area contributed by atoms with Gasteiger partial charge in [-0.3, -0.25) is 0 Å². The summed E-state index contributed by atoms with van der Waals surface area (Å²) in [6.45, 7) is 2.05. The van der Waals surface area contributed by atoms with Crippen molar-refractivity contribution < 1.29 is 5.11 Å². The Balaban J connectivity index is 2.21. The molecule has 0 heterocycles. The summed E-state index contributed by atoms with van der Waals surface area (Å²) in [4.78, 5) is 1.21. The minimum Gasteiger partial charge on any atom is -0.508 e. The van der Waals surface area contributed by atoms with Crippen LogP contribution < -0.4 is 5.32 Å². The summed E-state index contributed by atoms with van der Waals surface area (Å²) in [6.07, 6.45) is 2.06. The Hall–Kier alpha value is -1.61. The molecule has 0 aliphatic heterocycles. The van der Waals surface area contributed by atoms with Crippen LogP contribution in [0, 0.1) is 0 Å². The second-order valence-electron chi connectivity index (χ2n) is 4.13. The fraction of sp³-hybridized carbons (Fsp3) is 0.200. The molecule has 2 aromatic carbocycles. The van der Waals surface area contributed by atoms with Crippen LogP contribution in [0.15, 0.2) is 53.4 Å². The molecule has 0 fully saturated rings. The predicted molar refractivity (Wildman–Crippen MR) is 78.4 cm³/mol. The molecular weight excluding hydrogens is 242 g/mol. The van der Waals surface area contributed by atoms with Crippen LogP contribution >= 0.6 is 11.8 Å². The summed E-state index contributed by atoms with van der Waals surface area (Å²) >= 11 is 1.71. The van der Waals surface area contributed by atoms with Crippen molar-refractivity contribution in [2.24, 2.45) is 0 Å². The topological polar surface area (TPSA) is 32.3 Å². The average Bonchev–Trinajstić information content (AvgIpc) is 2.39. The number of hydrogen-bond donors (Lipinski definition) is 2.